The van der Waals surface area contributed by atoms with E-state index < -0.39 is 23.3 Å². The number of halogens is 4. The molecule has 0 unspecified atom stereocenters. The van der Waals surface area contributed by atoms with Gasteiger partial charge in [0.25, 0.3) is 5.91 Å². The van der Waals surface area contributed by atoms with Crippen LogP contribution in [0.15, 0.2) is 30.3 Å². The molecule has 1 saturated heterocycles. The van der Waals surface area contributed by atoms with Crippen molar-refractivity contribution >= 4 is 5.91 Å². The van der Waals surface area contributed by atoms with E-state index in [0.717, 1.165) is 36.1 Å². The average Bonchev–Trinajstić information content (AvgIpc) is 3.06. The Bertz CT molecular complexity index is 1230. The molecule has 3 heterocycles. The second kappa shape index (κ2) is 7.46. The average molecular weight is 443 g/mol. The van der Waals surface area contributed by atoms with Crippen molar-refractivity contribution in [3.8, 4) is 11.3 Å². The van der Waals surface area contributed by atoms with E-state index >= 15 is 0 Å². The zero-order valence-electron chi connectivity index (χ0n) is 17.6. The fourth-order valence-electron chi connectivity index (χ4n) is 5.13. The summed E-state index contributed by atoms with van der Waals surface area (Å²) in [6, 6.07) is 5.93. The molecule has 1 aromatic heterocycles. The van der Waals surface area contributed by atoms with Crippen LogP contribution in [-0.2, 0) is 13.5 Å². The molecule has 0 N–H and O–H groups in total. The number of piperidine rings is 1. The minimum absolute atomic E-state index is 0.0229. The third kappa shape index (κ3) is 3.12. The summed E-state index contributed by atoms with van der Waals surface area (Å²) in [4.78, 5) is 15.1. The Hall–Kier alpha value is -3.16. The first-order valence-corrected chi connectivity index (χ1v) is 10.6. The lowest BCUT2D eigenvalue weighted by Gasteiger charge is -2.45. The van der Waals surface area contributed by atoms with Crippen molar-refractivity contribution in [2.75, 3.05) is 0 Å². The number of amides is 1. The summed E-state index contributed by atoms with van der Waals surface area (Å²) in [6.45, 7) is 1.76. The molecule has 2 aliphatic rings. The largest absolute Gasteiger partial charge is 0.327 e. The SMILES string of the molecule is Cc1ccc(C(=O)N2[C@@H]3CCC[C@H]2c2nn(C)c(-c4cc(F)c(F)c(F)c4)c2C3)c(F)c1. The number of fused-ring (bicyclic) bond motifs is 4. The number of nitrogens with zero attached hydrogens (tertiary/aromatic N) is 3. The van der Waals surface area contributed by atoms with Gasteiger partial charge in [-0.25, -0.2) is 17.6 Å². The number of carbonyl (C=O) groups is 1. The maximum atomic E-state index is 14.6. The van der Waals surface area contributed by atoms with Gasteiger partial charge in [0.05, 0.1) is 23.0 Å². The van der Waals surface area contributed by atoms with Crippen LogP contribution in [0.1, 0.15) is 52.5 Å². The van der Waals surface area contributed by atoms with E-state index in [1.54, 1.807) is 24.9 Å². The smallest absolute Gasteiger partial charge is 0.257 e. The van der Waals surface area contributed by atoms with Crippen molar-refractivity contribution in [1.82, 2.24) is 14.7 Å². The van der Waals surface area contributed by atoms with Gasteiger partial charge in [0.1, 0.15) is 5.82 Å². The van der Waals surface area contributed by atoms with E-state index in [4.69, 9.17) is 0 Å². The van der Waals surface area contributed by atoms with Gasteiger partial charge in [0.15, 0.2) is 17.5 Å². The summed E-state index contributed by atoms with van der Waals surface area (Å²) in [6.07, 6.45) is 2.70. The van der Waals surface area contributed by atoms with Gasteiger partial charge >= 0.3 is 0 Å². The molecule has 0 aliphatic carbocycles. The summed E-state index contributed by atoms with van der Waals surface area (Å²) < 4.78 is 57.4. The number of rotatable bonds is 2. The van der Waals surface area contributed by atoms with Gasteiger partial charge in [0, 0.05) is 24.2 Å². The summed E-state index contributed by atoms with van der Waals surface area (Å²) >= 11 is 0. The van der Waals surface area contributed by atoms with E-state index in [1.807, 2.05) is 0 Å². The van der Waals surface area contributed by atoms with Crippen LogP contribution in [0, 0.1) is 30.2 Å². The molecule has 2 bridgehead atoms. The van der Waals surface area contributed by atoms with Gasteiger partial charge in [0.2, 0.25) is 0 Å². The fourth-order valence-corrected chi connectivity index (χ4v) is 5.13. The Morgan fingerprint density at radius 2 is 1.75 bits per heavy atom. The van der Waals surface area contributed by atoms with Crippen molar-refractivity contribution in [3.63, 3.8) is 0 Å². The van der Waals surface area contributed by atoms with E-state index in [2.05, 4.69) is 5.10 Å². The zero-order valence-corrected chi connectivity index (χ0v) is 17.6. The van der Waals surface area contributed by atoms with E-state index in [-0.39, 0.29) is 29.1 Å². The van der Waals surface area contributed by atoms with E-state index in [0.29, 0.717) is 24.2 Å². The number of carbonyl (C=O) groups excluding carboxylic acids is 1. The van der Waals surface area contributed by atoms with Crippen LogP contribution in [0.3, 0.4) is 0 Å². The van der Waals surface area contributed by atoms with Crippen LogP contribution in [0.5, 0.6) is 0 Å². The topological polar surface area (TPSA) is 38.1 Å². The Kier molecular flexibility index (Phi) is 4.83. The predicted molar refractivity (Wildman–Crippen MR) is 110 cm³/mol. The molecule has 5 rings (SSSR count). The lowest BCUT2D eigenvalue weighted by molar-refractivity contribution is 0.0387. The highest BCUT2D eigenvalue weighted by Gasteiger charge is 2.44. The molecule has 4 nitrogen and oxygen atoms in total. The van der Waals surface area contributed by atoms with Crippen molar-refractivity contribution in [2.45, 2.75) is 44.7 Å². The Morgan fingerprint density at radius 3 is 2.44 bits per heavy atom. The number of aromatic nitrogens is 2. The maximum absolute atomic E-state index is 14.6. The summed E-state index contributed by atoms with van der Waals surface area (Å²) in [5.41, 5.74) is 2.89. The van der Waals surface area contributed by atoms with Crippen LogP contribution in [-0.4, -0.2) is 26.6 Å². The first kappa shape index (κ1) is 20.7. The monoisotopic (exact) mass is 443 g/mol. The van der Waals surface area contributed by atoms with Gasteiger partial charge in [-0.05, 0) is 62.4 Å². The fraction of sp³-hybridized carbons (Fsp3) is 0.333. The molecule has 8 heteroatoms. The van der Waals surface area contributed by atoms with Gasteiger partial charge in [-0.15, -0.1) is 0 Å². The first-order valence-electron chi connectivity index (χ1n) is 10.6. The minimum atomic E-state index is -1.52. The molecule has 2 aliphatic heterocycles. The van der Waals surface area contributed by atoms with Crippen LogP contribution < -0.4 is 0 Å². The second-order valence-corrected chi connectivity index (χ2v) is 8.59. The van der Waals surface area contributed by atoms with Gasteiger partial charge in [-0.3, -0.25) is 9.48 Å². The van der Waals surface area contributed by atoms with Crippen LogP contribution in [0.2, 0.25) is 0 Å². The number of benzene rings is 2. The van der Waals surface area contributed by atoms with E-state index in [9.17, 15) is 22.4 Å². The van der Waals surface area contributed by atoms with Crippen LogP contribution in [0.4, 0.5) is 17.6 Å². The summed E-state index contributed by atoms with van der Waals surface area (Å²) in [5.74, 6) is -4.99. The Balaban J connectivity index is 1.60. The molecule has 0 saturated carbocycles. The van der Waals surface area contributed by atoms with Gasteiger partial charge < -0.3 is 4.90 Å². The maximum Gasteiger partial charge on any atom is 0.257 e. The molecular formula is C24H21F4N3O. The van der Waals surface area contributed by atoms with Crippen molar-refractivity contribution < 1.29 is 22.4 Å². The molecule has 1 fully saturated rings. The van der Waals surface area contributed by atoms with Crippen molar-refractivity contribution in [1.29, 1.82) is 0 Å². The summed E-state index contributed by atoms with van der Waals surface area (Å²) in [5, 5.41) is 4.58. The highest BCUT2D eigenvalue weighted by atomic mass is 19.2. The second-order valence-electron chi connectivity index (χ2n) is 8.59. The quantitative estimate of drug-likeness (QED) is 0.401. The van der Waals surface area contributed by atoms with Crippen LogP contribution in [0.25, 0.3) is 11.3 Å². The van der Waals surface area contributed by atoms with Crippen molar-refractivity contribution in [2.24, 2.45) is 7.05 Å². The normalized spacial score (nSPS) is 19.8. The molecule has 166 valence electrons. The van der Waals surface area contributed by atoms with Gasteiger partial charge in [-0.2, -0.15) is 5.10 Å². The predicted octanol–water partition coefficient (Wildman–Crippen LogP) is 5.24. The molecule has 2 atom stereocenters. The lowest BCUT2D eigenvalue weighted by atomic mass is 9.81. The standard InChI is InChI=1S/C24H21F4N3O/c1-12-6-7-15(17(25)8-12)24(32)31-14-4-3-5-20(31)22-16(11-14)23(30(2)29-22)13-9-18(26)21(28)19(27)10-13/h6-10,14,20H,3-5,11H2,1-2H3/t14-,20+/m1/s1. The third-order valence-electron chi connectivity index (χ3n) is 6.52. The molecule has 2 aromatic carbocycles. The molecule has 32 heavy (non-hydrogen) atoms. The Morgan fingerprint density at radius 1 is 1.03 bits per heavy atom. The van der Waals surface area contributed by atoms with E-state index in [1.165, 1.54) is 16.8 Å². The molecular weight excluding hydrogens is 422 g/mol. The first-order chi connectivity index (χ1) is 15.3. The zero-order chi connectivity index (χ0) is 22.7. The van der Waals surface area contributed by atoms with Crippen molar-refractivity contribution in [3.05, 3.63) is 76.0 Å². The number of aryl methyl sites for hydroxylation is 2. The minimum Gasteiger partial charge on any atom is -0.327 e. The third-order valence-corrected chi connectivity index (χ3v) is 6.52. The molecule has 3 aromatic rings. The van der Waals surface area contributed by atoms with Crippen LogP contribution >= 0.6 is 0 Å². The Labute approximate surface area is 182 Å². The summed E-state index contributed by atoms with van der Waals surface area (Å²) in [7, 11) is 1.66. The number of hydrogen-bond acceptors (Lipinski definition) is 2. The lowest BCUT2D eigenvalue weighted by Crippen LogP contribution is -2.50. The highest BCUT2D eigenvalue weighted by Crippen LogP contribution is 2.45. The van der Waals surface area contributed by atoms with Gasteiger partial charge in [-0.1, -0.05) is 6.07 Å². The molecule has 0 radical (unpaired) electrons. The molecule has 0 spiro atoms. The number of hydrogen-bond donors (Lipinski definition) is 0. The highest BCUT2D eigenvalue weighted by molar-refractivity contribution is 5.95. The molecule has 1 amide bonds.